The van der Waals surface area contributed by atoms with Crippen molar-refractivity contribution in [1.29, 1.82) is 0 Å². The van der Waals surface area contributed by atoms with Gasteiger partial charge in [0.25, 0.3) is 5.91 Å². The third kappa shape index (κ3) is 3.08. The molecule has 124 valence electrons. The molecule has 1 N–H and O–H groups in total. The number of hydrogen-bond acceptors (Lipinski definition) is 3. The van der Waals surface area contributed by atoms with Crippen LogP contribution < -0.4 is 15.0 Å². The zero-order chi connectivity index (χ0) is 17.3. The molecule has 5 nitrogen and oxygen atoms in total. The molecule has 3 rings (SSSR count). The lowest BCUT2D eigenvalue weighted by Gasteiger charge is -2.18. The van der Waals surface area contributed by atoms with E-state index >= 15 is 0 Å². The molecule has 0 aliphatic carbocycles. The first-order valence-electron chi connectivity index (χ1n) is 7.50. The number of amides is 2. The molecule has 24 heavy (non-hydrogen) atoms. The number of halogens is 1. The number of fused-ring (bicyclic) bond motifs is 1. The van der Waals surface area contributed by atoms with Gasteiger partial charge in [-0.3, -0.25) is 9.59 Å². The Labute approximate surface area is 145 Å². The van der Waals surface area contributed by atoms with Crippen molar-refractivity contribution in [3.63, 3.8) is 0 Å². The van der Waals surface area contributed by atoms with Gasteiger partial charge in [-0.25, -0.2) is 0 Å². The van der Waals surface area contributed by atoms with Crippen LogP contribution in [0.15, 0.2) is 42.5 Å². The number of carbonyl (C=O) groups is 2. The highest BCUT2D eigenvalue weighted by Gasteiger charge is 2.38. The van der Waals surface area contributed by atoms with Crippen LogP contribution in [0.25, 0.3) is 0 Å². The maximum Gasteiger partial charge on any atom is 0.254 e. The summed E-state index contributed by atoms with van der Waals surface area (Å²) in [5.41, 5.74) is 2.41. The smallest absolute Gasteiger partial charge is 0.254 e. The molecular weight excluding hydrogens is 328 g/mol. The monoisotopic (exact) mass is 344 g/mol. The SMILES string of the molecule is COc1ccc2c(c1)[C@@H](NC(C)=O)C(=O)N2Cc1cccc(Cl)c1. The zero-order valence-corrected chi connectivity index (χ0v) is 14.1. The quantitative estimate of drug-likeness (QED) is 0.927. The van der Waals surface area contributed by atoms with E-state index in [4.69, 9.17) is 16.3 Å². The number of benzene rings is 2. The molecule has 0 bridgehead atoms. The van der Waals surface area contributed by atoms with E-state index in [1.807, 2.05) is 24.3 Å². The molecule has 0 unspecified atom stereocenters. The third-order valence-electron chi connectivity index (χ3n) is 3.93. The highest BCUT2D eigenvalue weighted by Crippen LogP contribution is 2.39. The van der Waals surface area contributed by atoms with Gasteiger partial charge in [0.2, 0.25) is 5.91 Å². The molecule has 1 aliphatic rings. The molecule has 2 aromatic rings. The standard InChI is InChI=1S/C18H17ClN2O3/c1-11(22)20-17-15-9-14(24-2)6-7-16(15)21(18(17)23)10-12-4-3-5-13(19)8-12/h3-9,17H,10H2,1-2H3,(H,20,22)/t17-/m1/s1. The minimum atomic E-state index is -0.702. The Morgan fingerprint density at radius 2 is 2.08 bits per heavy atom. The fourth-order valence-corrected chi connectivity index (χ4v) is 3.08. The number of ether oxygens (including phenoxy) is 1. The van der Waals surface area contributed by atoms with Crippen molar-refractivity contribution >= 4 is 29.1 Å². The van der Waals surface area contributed by atoms with E-state index in [2.05, 4.69) is 5.32 Å². The van der Waals surface area contributed by atoms with Gasteiger partial charge in [-0.05, 0) is 35.9 Å². The maximum atomic E-state index is 12.8. The number of nitrogens with zero attached hydrogens (tertiary/aromatic N) is 1. The van der Waals surface area contributed by atoms with Crippen molar-refractivity contribution in [2.75, 3.05) is 12.0 Å². The Morgan fingerprint density at radius 3 is 2.75 bits per heavy atom. The second kappa shape index (κ2) is 6.53. The molecule has 0 saturated carbocycles. The fourth-order valence-electron chi connectivity index (χ4n) is 2.87. The van der Waals surface area contributed by atoms with Crippen LogP contribution in [0.3, 0.4) is 0 Å². The predicted molar refractivity (Wildman–Crippen MR) is 92.2 cm³/mol. The van der Waals surface area contributed by atoms with Gasteiger partial charge >= 0.3 is 0 Å². The number of carbonyl (C=O) groups excluding carboxylic acids is 2. The molecular formula is C18H17ClN2O3. The lowest BCUT2D eigenvalue weighted by Crippen LogP contribution is -2.36. The van der Waals surface area contributed by atoms with Gasteiger partial charge in [-0.1, -0.05) is 23.7 Å². The van der Waals surface area contributed by atoms with Crippen molar-refractivity contribution in [2.45, 2.75) is 19.5 Å². The summed E-state index contributed by atoms with van der Waals surface area (Å²) >= 11 is 6.03. The van der Waals surface area contributed by atoms with Crippen LogP contribution in [0, 0.1) is 0 Å². The average Bonchev–Trinajstić information content (AvgIpc) is 2.79. The van der Waals surface area contributed by atoms with Crippen LogP contribution in [-0.2, 0) is 16.1 Å². The van der Waals surface area contributed by atoms with Crippen LogP contribution in [0.4, 0.5) is 5.69 Å². The van der Waals surface area contributed by atoms with E-state index in [0.717, 1.165) is 16.8 Å². The third-order valence-corrected chi connectivity index (χ3v) is 4.16. The van der Waals surface area contributed by atoms with Gasteiger partial charge in [0.05, 0.1) is 19.3 Å². The predicted octanol–water partition coefficient (Wildman–Crippen LogP) is 3.07. The second-order valence-electron chi connectivity index (χ2n) is 5.61. The van der Waals surface area contributed by atoms with Crippen LogP contribution in [-0.4, -0.2) is 18.9 Å². The van der Waals surface area contributed by atoms with Crippen molar-refractivity contribution in [1.82, 2.24) is 5.32 Å². The molecule has 0 saturated heterocycles. The van der Waals surface area contributed by atoms with Crippen molar-refractivity contribution in [3.05, 3.63) is 58.6 Å². The highest BCUT2D eigenvalue weighted by atomic mass is 35.5. The van der Waals surface area contributed by atoms with Gasteiger partial charge in [0.15, 0.2) is 0 Å². The number of hydrogen-bond donors (Lipinski definition) is 1. The lowest BCUT2D eigenvalue weighted by molar-refractivity contribution is -0.126. The Hall–Kier alpha value is -2.53. The molecule has 1 atom stereocenters. The molecule has 2 aromatic carbocycles. The summed E-state index contributed by atoms with van der Waals surface area (Å²) in [6.45, 7) is 1.78. The topological polar surface area (TPSA) is 58.6 Å². The molecule has 0 radical (unpaired) electrons. The number of rotatable bonds is 4. The van der Waals surface area contributed by atoms with Crippen LogP contribution >= 0.6 is 11.6 Å². The molecule has 1 heterocycles. The van der Waals surface area contributed by atoms with Crippen molar-refractivity contribution in [2.24, 2.45) is 0 Å². The normalized spacial score (nSPS) is 16.0. The lowest BCUT2D eigenvalue weighted by atomic mass is 10.1. The highest BCUT2D eigenvalue weighted by molar-refractivity contribution is 6.30. The second-order valence-corrected chi connectivity index (χ2v) is 6.05. The van der Waals surface area contributed by atoms with E-state index < -0.39 is 6.04 Å². The summed E-state index contributed by atoms with van der Waals surface area (Å²) < 4.78 is 5.24. The number of anilines is 1. The molecule has 1 aliphatic heterocycles. The molecule has 2 amide bonds. The summed E-state index contributed by atoms with van der Waals surface area (Å²) in [7, 11) is 1.57. The van der Waals surface area contributed by atoms with Crippen molar-refractivity contribution < 1.29 is 14.3 Å². The van der Waals surface area contributed by atoms with Crippen LogP contribution in [0.2, 0.25) is 5.02 Å². The maximum absolute atomic E-state index is 12.8. The van der Waals surface area contributed by atoms with Crippen LogP contribution in [0.5, 0.6) is 5.75 Å². The number of nitrogens with one attached hydrogen (secondary N) is 1. The van der Waals surface area contributed by atoms with Crippen LogP contribution in [0.1, 0.15) is 24.1 Å². The fraction of sp³-hybridized carbons (Fsp3) is 0.222. The molecule has 0 spiro atoms. The van der Waals surface area contributed by atoms with E-state index in [0.29, 0.717) is 17.3 Å². The first-order chi connectivity index (χ1) is 11.5. The summed E-state index contributed by atoms with van der Waals surface area (Å²) in [5, 5.41) is 3.33. The van der Waals surface area contributed by atoms with Gasteiger partial charge in [0, 0.05) is 17.5 Å². The molecule has 0 aromatic heterocycles. The minimum Gasteiger partial charge on any atom is -0.497 e. The first-order valence-corrected chi connectivity index (χ1v) is 7.88. The minimum absolute atomic E-state index is 0.173. The summed E-state index contributed by atoms with van der Waals surface area (Å²) in [5.74, 6) is 0.210. The average molecular weight is 345 g/mol. The molecule has 6 heteroatoms. The van der Waals surface area contributed by atoms with Gasteiger partial charge in [-0.15, -0.1) is 0 Å². The first kappa shape index (κ1) is 16.3. The summed E-state index contributed by atoms with van der Waals surface area (Å²) in [4.78, 5) is 26.0. The Bertz CT molecular complexity index is 807. The van der Waals surface area contributed by atoms with Crippen molar-refractivity contribution in [3.8, 4) is 5.75 Å². The van der Waals surface area contributed by atoms with Gasteiger partial charge < -0.3 is 15.0 Å². The van der Waals surface area contributed by atoms with E-state index in [1.54, 1.807) is 30.2 Å². The van der Waals surface area contributed by atoms with E-state index in [-0.39, 0.29) is 11.8 Å². The van der Waals surface area contributed by atoms with E-state index in [1.165, 1.54) is 6.92 Å². The Balaban J connectivity index is 1.99. The molecule has 0 fully saturated rings. The largest absolute Gasteiger partial charge is 0.497 e. The Kier molecular flexibility index (Phi) is 4.44. The zero-order valence-electron chi connectivity index (χ0n) is 13.4. The van der Waals surface area contributed by atoms with Gasteiger partial charge in [0.1, 0.15) is 11.8 Å². The summed E-state index contributed by atoms with van der Waals surface area (Å²) in [6.07, 6.45) is 0. The number of methoxy groups -OCH3 is 1. The van der Waals surface area contributed by atoms with Gasteiger partial charge in [-0.2, -0.15) is 0 Å². The summed E-state index contributed by atoms with van der Waals surface area (Å²) in [6, 6.07) is 12.1. The Morgan fingerprint density at radius 1 is 1.29 bits per heavy atom. The van der Waals surface area contributed by atoms with E-state index in [9.17, 15) is 9.59 Å².